The number of nitrogens with zero attached hydrogens (tertiary/aromatic N) is 2. The van der Waals surface area contributed by atoms with E-state index in [4.69, 9.17) is 9.47 Å². The summed E-state index contributed by atoms with van der Waals surface area (Å²) in [6.07, 6.45) is 3.26. The van der Waals surface area contributed by atoms with Gasteiger partial charge >= 0.3 is 62.4 Å². The van der Waals surface area contributed by atoms with Crippen molar-refractivity contribution in [3.63, 3.8) is 0 Å². The van der Waals surface area contributed by atoms with E-state index in [0.29, 0.717) is 117 Å². The SMILES string of the molecule is CC(C)C[C@H](NC(=O)[C@H](CCc1ccccc1)CC(=O)CN1CCOCC1)C(=O)O.CC(C)C[C@H](NC(=O)[C@H](CCc1ccccc1)CC(=O)CN1CCOCC1)C(=O)O.I[I-]I.O.[Y].[Y]. The minimum atomic E-state index is -1.04. The summed E-state index contributed by atoms with van der Waals surface area (Å²) in [7, 11) is 0. The van der Waals surface area contributed by atoms with Crippen molar-refractivity contribution >= 4 is 72.6 Å². The summed E-state index contributed by atoms with van der Waals surface area (Å²) < 4.78 is 10.6. The van der Waals surface area contributed by atoms with E-state index >= 15 is 0 Å². The van der Waals surface area contributed by atoms with E-state index in [2.05, 4.69) is 47.9 Å². The van der Waals surface area contributed by atoms with Crippen LogP contribution in [0.1, 0.15) is 77.3 Å². The van der Waals surface area contributed by atoms with Crippen LogP contribution in [0.4, 0.5) is 0 Å². The maximum Gasteiger partial charge on any atom is 0 e. The molecule has 2 aromatic rings. The average molecular weight is 1410 g/mol. The second-order valence-electron chi connectivity index (χ2n) is 16.8. The maximum absolute atomic E-state index is 12.9. The monoisotopic (exact) mass is 1410 g/mol. The first kappa shape index (κ1) is 67.9. The predicted octanol–water partition coefficient (Wildman–Crippen LogP) is 2.23. The van der Waals surface area contributed by atoms with E-state index in [1.54, 1.807) is 0 Å². The van der Waals surface area contributed by atoms with E-state index < -0.39 is 35.9 Å². The number of halogens is 3. The number of ether oxygens (including phenoxy) is 2. The van der Waals surface area contributed by atoms with Gasteiger partial charge in [0, 0.05) is 116 Å². The summed E-state index contributed by atoms with van der Waals surface area (Å²) in [5, 5.41) is 24.3. The van der Waals surface area contributed by atoms with Crippen molar-refractivity contribution < 1.29 is 133 Å². The number of aliphatic carboxylic acids is 2. The molecule has 0 aliphatic carbocycles. The number of carboxylic acid groups (broad SMARTS) is 2. The van der Waals surface area contributed by atoms with Crippen LogP contribution in [0, 0.1) is 23.7 Å². The van der Waals surface area contributed by atoms with Crippen LogP contribution in [-0.2, 0) is 117 Å². The third kappa shape index (κ3) is 31.2. The number of hydrogen-bond donors (Lipinski definition) is 4. The molecule has 66 heavy (non-hydrogen) atoms. The van der Waals surface area contributed by atoms with E-state index in [0.717, 1.165) is 11.1 Å². The molecule has 4 atom stereocenters. The fourth-order valence-corrected chi connectivity index (χ4v) is 7.28. The standard InChI is InChI=1S/2C23H34N2O5.I3.H2O.2Y/c2*1-17(2)14-21(23(28)29)24-22(27)19(9-8-18-6-4-3-5-7-18)15-20(26)16-25-10-12-30-13-11-25;1-3-2;;;/h2*3-7,17,19,21H,8-16H2,1-2H3,(H,24,27)(H,28,29);;1H2;;/q;;-1;;;/t2*19-,21+;;;;/m11..../s1. The topological polar surface area (TPSA) is 223 Å². The Kier molecular flexibility index (Phi) is 41.6. The molecule has 2 heterocycles. The second-order valence-corrected chi connectivity index (χ2v) is 33.1. The smallest absolute Gasteiger partial charge is 0 e. The van der Waals surface area contributed by atoms with Gasteiger partial charge in [0.2, 0.25) is 11.8 Å². The van der Waals surface area contributed by atoms with Crippen LogP contribution in [0.3, 0.4) is 0 Å². The molecule has 15 nitrogen and oxygen atoms in total. The summed E-state index contributed by atoms with van der Waals surface area (Å²) in [6, 6.07) is 17.7. The van der Waals surface area contributed by atoms with Gasteiger partial charge in [-0.15, -0.1) is 0 Å². The largest absolute Gasteiger partial charge is 0.412 e. The van der Waals surface area contributed by atoms with Gasteiger partial charge in [0.05, 0.1) is 39.5 Å². The summed E-state index contributed by atoms with van der Waals surface area (Å²) in [5.74, 6) is -3.61. The van der Waals surface area contributed by atoms with Crippen molar-refractivity contribution in [2.75, 3.05) is 65.7 Å². The number of nitrogens with one attached hydrogen (secondary N) is 2. The van der Waals surface area contributed by atoms with Gasteiger partial charge in [0.15, 0.2) is 0 Å². The number of carboxylic acids is 2. The molecule has 368 valence electrons. The van der Waals surface area contributed by atoms with E-state index in [-0.39, 0.29) is 119 Å². The van der Waals surface area contributed by atoms with Crippen molar-refractivity contribution in [2.45, 2.75) is 91.1 Å². The molecular weight excluding hydrogens is 1340 g/mol. The normalized spacial score (nSPS) is 15.6. The summed E-state index contributed by atoms with van der Waals surface area (Å²) >= 11 is 5.30. The fourth-order valence-electron chi connectivity index (χ4n) is 7.28. The van der Waals surface area contributed by atoms with Crippen LogP contribution in [0.15, 0.2) is 60.7 Å². The molecule has 2 fully saturated rings. The fraction of sp³-hybridized carbons (Fsp3) is 0.609. The molecule has 0 unspecified atom stereocenters. The third-order valence-corrected chi connectivity index (χ3v) is 10.6. The molecule has 2 aromatic carbocycles. The molecule has 4 rings (SSSR count). The number of Topliss-reactive ketones (excluding diaryl/α,β-unsaturated/α-hetero) is 2. The number of aryl methyl sites for hydroxylation is 2. The van der Waals surface area contributed by atoms with Crippen molar-refractivity contribution in [3.05, 3.63) is 71.8 Å². The van der Waals surface area contributed by atoms with Crippen LogP contribution < -0.4 is 23.9 Å². The van der Waals surface area contributed by atoms with Gasteiger partial charge in [-0.3, -0.25) is 29.0 Å². The Morgan fingerprint density at radius 2 is 0.909 bits per heavy atom. The molecule has 0 saturated carbocycles. The molecule has 2 aliphatic rings. The summed E-state index contributed by atoms with van der Waals surface area (Å²) in [4.78, 5) is 78.4. The summed E-state index contributed by atoms with van der Waals surface area (Å²) in [6.45, 7) is 13.6. The van der Waals surface area contributed by atoms with Gasteiger partial charge in [-0.05, 0) is 61.5 Å². The molecule has 2 amide bonds. The first-order valence-electron chi connectivity index (χ1n) is 21.8. The van der Waals surface area contributed by atoms with Gasteiger partial charge in [0.1, 0.15) is 23.7 Å². The third-order valence-electron chi connectivity index (χ3n) is 10.6. The molecule has 20 heteroatoms. The van der Waals surface area contributed by atoms with Gasteiger partial charge in [-0.1, -0.05) is 88.4 Å². The number of amides is 2. The van der Waals surface area contributed by atoms with E-state index in [1.807, 2.05) is 98.2 Å². The van der Waals surface area contributed by atoms with Crippen LogP contribution in [0.2, 0.25) is 0 Å². The Labute approximate surface area is 472 Å². The Morgan fingerprint density at radius 3 is 1.18 bits per heavy atom. The van der Waals surface area contributed by atoms with E-state index in [1.165, 1.54) is 0 Å². The van der Waals surface area contributed by atoms with Gasteiger partial charge < -0.3 is 35.8 Å². The molecule has 0 aromatic heterocycles. The molecule has 0 spiro atoms. The minimum absolute atomic E-state index is 0. The zero-order valence-corrected chi connectivity index (χ0v) is 51.0. The predicted molar refractivity (Wildman–Crippen MR) is 260 cm³/mol. The zero-order chi connectivity index (χ0) is 46.6. The first-order chi connectivity index (χ1) is 30.1. The van der Waals surface area contributed by atoms with Crippen LogP contribution in [0.25, 0.3) is 0 Å². The number of benzene rings is 2. The minimum Gasteiger partial charge on any atom is -0.412 e. The number of rotatable bonds is 24. The van der Waals surface area contributed by atoms with Gasteiger partial charge in [0.25, 0.3) is 0 Å². The molecular formula is C46H70I3N4O11Y2-. The van der Waals surface area contributed by atoms with Crippen molar-refractivity contribution in [3.8, 4) is 0 Å². The number of hydrogen-bond acceptors (Lipinski definition) is 10. The van der Waals surface area contributed by atoms with E-state index in [9.17, 15) is 39.0 Å². The molecule has 2 saturated heterocycles. The van der Waals surface area contributed by atoms with Crippen molar-refractivity contribution in [1.29, 1.82) is 0 Å². The number of morpholine rings is 2. The van der Waals surface area contributed by atoms with Gasteiger partial charge in [-0.2, -0.15) is 0 Å². The van der Waals surface area contributed by atoms with Crippen LogP contribution >= 0.6 is 37.2 Å². The Hall–Kier alpha value is -0.142. The van der Waals surface area contributed by atoms with Crippen molar-refractivity contribution in [2.24, 2.45) is 23.7 Å². The zero-order valence-electron chi connectivity index (χ0n) is 38.8. The molecule has 2 aliphatic heterocycles. The number of ketones is 2. The Bertz CT molecular complexity index is 1540. The van der Waals surface area contributed by atoms with Crippen molar-refractivity contribution in [1.82, 2.24) is 20.4 Å². The number of carbonyl (C=O) groups excluding carboxylic acids is 4. The van der Waals surface area contributed by atoms with Crippen LogP contribution in [-0.4, -0.2) is 139 Å². The van der Waals surface area contributed by atoms with Crippen LogP contribution in [0.5, 0.6) is 0 Å². The van der Waals surface area contributed by atoms with Gasteiger partial charge in [-0.25, -0.2) is 9.59 Å². The Morgan fingerprint density at radius 1 is 0.606 bits per heavy atom. The molecule has 2 radical (unpaired) electrons. The maximum atomic E-state index is 12.9. The summed E-state index contributed by atoms with van der Waals surface area (Å²) in [5.41, 5.74) is 2.18. The number of carbonyl (C=O) groups is 6. The average Bonchev–Trinajstić information content (AvgIpc) is 3.24. The Balaban J connectivity index is 0. The molecule has 0 bridgehead atoms. The molecule has 6 N–H and O–H groups in total. The second kappa shape index (κ2) is 40.5. The quantitative estimate of drug-likeness (QED) is 0.111. The first-order valence-corrected chi connectivity index (χ1v) is 34.3.